The van der Waals surface area contributed by atoms with E-state index < -0.39 is 0 Å². The van der Waals surface area contributed by atoms with E-state index in [2.05, 4.69) is 40.9 Å². The third kappa shape index (κ3) is 2.89. The standard InChI is InChI=1S/C12H14N4OS/c1-12(2,3)9-6-4-8(5-7-9)10(17)13-11-14-15-16-18-11/h4-7H,1-3H3,(H,13,14,16,17). The Kier molecular flexibility index (Phi) is 3.38. The van der Waals surface area contributed by atoms with Crippen LogP contribution in [0, 0.1) is 0 Å². The minimum atomic E-state index is -0.200. The van der Waals surface area contributed by atoms with Crippen LogP contribution < -0.4 is 5.32 Å². The van der Waals surface area contributed by atoms with Gasteiger partial charge in [-0.25, -0.2) is 0 Å². The topological polar surface area (TPSA) is 67.8 Å². The quantitative estimate of drug-likeness (QED) is 0.902. The van der Waals surface area contributed by atoms with Gasteiger partial charge in [-0.1, -0.05) is 42.5 Å². The molecule has 0 aliphatic heterocycles. The van der Waals surface area contributed by atoms with Crippen LogP contribution in [0.2, 0.25) is 0 Å². The molecule has 0 spiro atoms. The molecule has 0 saturated carbocycles. The van der Waals surface area contributed by atoms with E-state index in [9.17, 15) is 4.79 Å². The lowest BCUT2D eigenvalue weighted by Gasteiger charge is -2.18. The fourth-order valence-electron chi connectivity index (χ4n) is 1.47. The maximum absolute atomic E-state index is 11.9. The van der Waals surface area contributed by atoms with E-state index in [1.165, 1.54) is 5.56 Å². The van der Waals surface area contributed by atoms with Gasteiger partial charge in [0.15, 0.2) is 0 Å². The normalized spacial score (nSPS) is 11.3. The van der Waals surface area contributed by atoms with Crippen molar-refractivity contribution in [1.29, 1.82) is 0 Å². The van der Waals surface area contributed by atoms with Gasteiger partial charge < -0.3 is 0 Å². The third-order valence-corrected chi connectivity index (χ3v) is 3.04. The lowest BCUT2D eigenvalue weighted by Crippen LogP contribution is -2.14. The SMILES string of the molecule is CC(C)(C)c1ccc(C(=O)Nc2nnns2)cc1. The zero-order chi connectivity index (χ0) is 13.2. The molecular formula is C12H14N4OS. The number of carbonyl (C=O) groups excluding carboxylic acids is 1. The molecule has 0 atom stereocenters. The number of anilines is 1. The van der Waals surface area contributed by atoms with Crippen molar-refractivity contribution in [1.82, 2.24) is 14.8 Å². The molecule has 0 radical (unpaired) electrons. The van der Waals surface area contributed by atoms with Crippen molar-refractivity contribution >= 4 is 22.6 Å². The molecule has 0 aliphatic carbocycles. The summed E-state index contributed by atoms with van der Waals surface area (Å²) in [6.07, 6.45) is 0. The van der Waals surface area contributed by atoms with E-state index >= 15 is 0 Å². The number of amides is 1. The van der Waals surface area contributed by atoms with Crippen molar-refractivity contribution in [2.45, 2.75) is 26.2 Å². The van der Waals surface area contributed by atoms with E-state index in [4.69, 9.17) is 0 Å². The molecular weight excluding hydrogens is 248 g/mol. The molecule has 94 valence electrons. The van der Waals surface area contributed by atoms with Crippen LogP contribution in [0.15, 0.2) is 24.3 Å². The highest BCUT2D eigenvalue weighted by molar-refractivity contribution is 7.09. The predicted octanol–water partition coefficient (Wildman–Crippen LogP) is 2.48. The van der Waals surface area contributed by atoms with Gasteiger partial charge in [0.2, 0.25) is 5.13 Å². The first-order valence-corrected chi connectivity index (χ1v) is 6.31. The van der Waals surface area contributed by atoms with Gasteiger partial charge in [0.05, 0.1) is 0 Å². The molecule has 1 heterocycles. The van der Waals surface area contributed by atoms with Crippen molar-refractivity contribution in [2.75, 3.05) is 5.32 Å². The Morgan fingerprint density at radius 2 is 1.89 bits per heavy atom. The summed E-state index contributed by atoms with van der Waals surface area (Å²) in [5.74, 6) is -0.200. The second-order valence-electron chi connectivity index (χ2n) is 4.95. The van der Waals surface area contributed by atoms with Gasteiger partial charge in [0, 0.05) is 17.1 Å². The van der Waals surface area contributed by atoms with Gasteiger partial charge >= 0.3 is 0 Å². The van der Waals surface area contributed by atoms with Gasteiger partial charge in [-0.3, -0.25) is 10.1 Å². The van der Waals surface area contributed by atoms with Crippen molar-refractivity contribution in [3.63, 3.8) is 0 Å². The second kappa shape index (κ2) is 4.81. The van der Waals surface area contributed by atoms with Crippen LogP contribution in [0.4, 0.5) is 5.13 Å². The number of hydrogen-bond donors (Lipinski definition) is 1. The van der Waals surface area contributed by atoms with Crippen molar-refractivity contribution in [2.24, 2.45) is 0 Å². The first-order valence-electron chi connectivity index (χ1n) is 5.54. The summed E-state index contributed by atoms with van der Waals surface area (Å²) in [4.78, 5) is 11.9. The summed E-state index contributed by atoms with van der Waals surface area (Å²) in [6, 6.07) is 7.55. The van der Waals surface area contributed by atoms with Gasteiger partial charge in [0.1, 0.15) is 0 Å². The summed E-state index contributed by atoms with van der Waals surface area (Å²) in [5.41, 5.74) is 1.87. The first kappa shape index (κ1) is 12.6. The highest BCUT2D eigenvalue weighted by Crippen LogP contribution is 2.22. The van der Waals surface area contributed by atoms with Crippen molar-refractivity contribution in [3.05, 3.63) is 35.4 Å². The van der Waals surface area contributed by atoms with Gasteiger partial charge in [-0.05, 0) is 28.3 Å². The fraction of sp³-hybridized carbons (Fsp3) is 0.333. The molecule has 1 aromatic heterocycles. The Morgan fingerprint density at radius 3 is 2.39 bits per heavy atom. The highest BCUT2D eigenvalue weighted by Gasteiger charge is 2.14. The van der Waals surface area contributed by atoms with E-state index in [0.717, 1.165) is 11.5 Å². The Bertz CT molecular complexity index is 528. The lowest BCUT2D eigenvalue weighted by atomic mass is 9.87. The Morgan fingerprint density at radius 1 is 1.22 bits per heavy atom. The number of rotatable bonds is 2. The molecule has 0 saturated heterocycles. The molecule has 5 nitrogen and oxygen atoms in total. The van der Waals surface area contributed by atoms with Gasteiger partial charge in [0.25, 0.3) is 5.91 Å². The number of carbonyl (C=O) groups is 1. The van der Waals surface area contributed by atoms with Crippen LogP contribution in [-0.2, 0) is 5.41 Å². The Hall–Kier alpha value is -1.82. The molecule has 18 heavy (non-hydrogen) atoms. The first-order chi connectivity index (χ1) is 8.47. The highest BCUT2D eigenvalue weighted by atomic mass is 32.1. The van der Waals surface area contributed by atoms with E-state index in [0.29, 0.717) is 10.7 Å². The zero-order valence-corrected chi connectivity index (χ0v) is 11.3. The molecule has 0 aliphatic rings. The number of nitrogens with zero attached hydrogens (tertiary/aromatic N) is 3. The van der Waals surface area contributed by atoms with Crippen LogP contribution in [-0.4, -0.2) is 20.7 Å². The van der Waals surface area contributed by atoms with E-state index in [-0.39, 0.29) is 11.3 Å². The fourth-order valence-corrected chi connectivity index (χ4v) is 1.83. The van der Waals surface area contributed by atoms with Gasteiger partial charge in [-0.15, -0.1) is 0 Å². The van der Waals surface area contributed by atoms with Gasteiger partial charge in [-0.2, -0.15) is 0 Å². The Labute approximate surface area is 109 Å². The summed E-state index contributed by atoms with van der Waals surface area (Å²) < 4.78 is 3.58. The van der Waals surface area contributed by atoms with Crippen LogP contribution >= 0.6 is 11.5 Å². The molecule has 0 unspecified atom stereocenters. The monoisotopic (exact) mass is 262 g/mol. The molecule has 0 bridgehead atoms. The lowest BCUT2D eigenvalue weighted by molar-refractivity contribution is 0.102. The van der Waals surface area contributed by atoms with E-state index in [1.807, 2.05) is 24.3 Å². The molecule has 2 rings (SSSR count). The average Bonchev–Trinajstić information content (AvgIpc) is 2.81. The van der Waals surface area contributed by atoms with Crippen LogP contribution in [0.1, 0.15) is 36.7 Å². The maximum Gasteiger partial charge on any atom is 0.257 e. The molecule has 1 aromatic carbocycles. The van der Waals surface area contributed by atoms with E-state index in [1.54, 1.807) is 0 Å². The second-order valence-corrected chi connectivity index (χ2v) is 5.68. The Balaban J connectivity index is 2.12. The largest absolute Gasteiger partial charge is 0.295 e. The van der Waals surface area contributed by atoms with Crippen LogP contribution in [0.25, 0.3) is 0 Å². The number of aromatic nitrogens is 3. The number of nitrogens with one attached hydrogen (secondary N) is 1. The smallest absolute Gasteiger partial charge is 0.257 e. The molecule has 2 aromatic rings. The van der Waals surface area contributed by atoms with Crippen LogP contribution in [0.5, 0.6) is 0 Å². The summed E-state index contributed by atoms with van der Waals surface area (Å²) in [7, 11) is 0. The molecule has 1 amide bonds. The minimum Gasteiger partial charge on any atom is -0.295 e. The maximum atomic E-state index is 11.9. The summed E-state index contributed by atoms with van der Waals surface area (Å²) >= 11 is 1.05. The summed E-state index contributed by atoms with van der Waals surface area (Å²) in [6.45, 7) is 6.40. The summed E-state index contributed by atoms with van der Waals surface area (Å²) in [5, 5.41) is 10.1. The van der Waals surface area contributed by atoms with Crippen molar-refractivity contribution < 1.29 is 4.79 Å². The predicted molar refractivity (Wildman–Crippen MR) is 70.8 cm³/mol. The zero-order valence-electron chi connectivity index (χ0n) is 10.5. The van der Waals surface area contributed by atoms with Crippen LogP contribution in [0.3, 0.4) is 0 Å². The number of benzene rings is 1. The number of hydrogen-bond acceptors (Lipinski definition) is 5. The van der Waals surface area contributed by atoms with Crippen molar-refractivity contribution in [3.8, 4) is 0 Å². The minimum absolute atomic E-state index is 0.0815. The molecule has 1 N–H and O–H groups in total. The average molecular weight is 262 g/mol. The molecule has 6 heteroatoms. The third-order valence-electron chi connectivity index (χ3n) is 2.53. The molecule has 0 fully saturated rings.